The lowest BCUT2D eigenvalue weighted by atomic mass is 10.1. The summed E-state index contributed by atoms with van der Waals surface area (Å²) in [4.78, 5) is 45.1. The average Bonchev–Trinajstić information content (AvgIpc) is 3.04. The molecule has 17 heteroatoms. The van der Waals surface area contributed by atoms with Gasteiger partial charge in [0, 0.05) is 5.82 Å². The number of rotatable bonds is 6. The first kappa shape index (κ1) is 22.7. The van der Waals surface area contributed by atoms with Crippen molar-refractivity contribution in [1.29, 1.82) is 0 Å². The van der Waals surface area contributed by atoms with Crippen LogP contribution in [0.15, 0.2) is 23.0 Å². The molecule has 1 aliphatic heterocycles. The van der Waals surface area contributed by atoms with Crippen LogP contribution in [0, 0.1) is 0 Å². The van der Waals surface area contributed by atoms with Gasteiger partial charge in [-0.15, -0.1) is 0 Å². The molecule has 0 aromatic carbocycles. The Morgan fingerprint density at radius 1 is 1.37 bits per heavy atom. The molecule has 1 fully saturated rings. The third-order valence-electron chi connectivity index (χ3n) is 4.29. The fourth-order valence-corrected chi connectivity index (χ4v) is 4.94. The van der Waals surface area contributed by atoms with Crippen LogP contribution in [-0.4, -0.2) is 57.7 Å². The maximum Gasteiger partial charge on any atom is 0.477 e. The van der Waals surface area contributed by atoms with Crippen LogP contribution in [0.3, 0.4) is 0 Å². The number of ether oxygens (including phenoxy) is 1. The highest BCUT2D eigenvalue weighted by atomic mass is 31.3. The molecule has 15 nitrogen and oxygen atoms in total. The number of nitrogens with two attached hydrogens (primary N) is 1. The molecular weight excluding hydrogens is 448 g/mol. The summed E-state index contributed by atoms with van der Waals surface area (Å²) in [7, 11) is -8.36. The number of aryl methyl sites for hydroxylation is 1. The van der Waals surface area contributed by atoms with Crippen molar-refractivity contribution in [2.24, 2.45) is 7.05 Å². The third kappa shape index (κ3) is 4.70. The van der Waals surface area contributed by atoms with Crippen molar-refractivity contribution in [3.8, 4) is 0 Å². The number of aromatic amines is 1. The fraction of sp³-hybridized carbons (Fsp3) is 0.462. The van der Waals surface area contributed by atoms with Crippen molar-refractivity contribution in [1.82, 2.24) is 14.5 Å². The van der Waals surface area contributed by atoms with E-state index in [-0.39, 0.29) is 23.5 Å². The monoisotopic (exact) mass is 468 g/mol. The summed E-state index contributed by atoms with van der Waals surface area (Å²) in [5, 5.41) is 20.7. The molecule has 1 saturated heterocycles. The van der Waals surface area contributed by atoms with Gasteiger partial charge in [-0.3, -0.25) is 18.9 Å². The molecule has 166 valence electrons. The molecule has 1 aliphatic rings. The number of fused-ring (bicyclic) bond motifs is 1. The predicted molar refractivity (Wildman–Crippen MR) is 98.6 cm³/mol. The lowest BCUT2D eigenvalue weighted by Gasteiger charge is -2.12. The first-order valence-electron chi connectivity index (χ1n) is 8.34. The van der Waals surface area contributed by atoms with Crippen molar-refractivity contribution >= 4 is 32.5 Å². The number of imidazole rings is 1. The van der Waals surface area contributed by atoms with Crippen molar-refractivity contribution in [3.05, 3.63) is 28.6 Å². The molecule has 0 radical (unpaired) electrons. The van der Waals surface area contributed by atoms with Gasteiger partial charge in [0.05, 0.1) is 13.2 Å². The van der Waals surface area contributed by atoms with Crippen LogP contribution in [0.1, 0.15) is 12.6 Å². The summed E-state index contributed by atoms with van der Waals surface area (Å²) in [6, 6.07) is 0. The molecule has 8 N–H and O–H groups in total. The van der Waals surface area contributed by atoms with Gasteiger partial charge < -0.3 is 35.4 Å². The molecule has 2 aromatic rings. The molecule has 0 aliphatic carbocycles. The zero-order valence-corrected chi connectivity index (χ0v) is 17.1. The average molecular weight is 468 g/mol. The Morgan fingerprint density at radius 2 is 2.03 bits per heavy atom. The summed E-state index contributed by atoms with van der Waals surface area (Å²) < 4.78 is 34.4. The van der Waals surface area contributed by atoms with Crippen molar-refractivity contribution < 1.29 is 47.6 Å². The number of hydrogen-bond donors (Lipinski definition) is 7. The van der Waals surface area contributed by atoms with E-state index in [1.54, 1.807) is 7.05 Å². The number of aliphatic hydroxyl groups is 2. The maximum absolute atomic E-state index is 12.1. The summed E-state index contributed by atoms with van der Waals surface area (Å²) in [6.45, 7) is 0. The molecule has 30 heavy (non-hydrogen) atoms. The highest BCUT2D eigenvalue weighted by Crippen LogP contribution is 2.57. The molecule has 3 heterocycles. The SMILES string of the molecule is Cn1c[n+]([C@@H]2O[C@H](CC=CP(=O)(O)OP(=O)(O)O)C(O)[C@@H]2O)c2nc(N)[nH]c(=O)c21. The van der Waals surface area contributed by atoms with Gasteiger partial charge in [0.25, 0.3) is 11.5 Å². The van der Waals surface area contributed by atoms with Crippen LogP contribution in [0.4, 0.5) is 5.95 Å². The standard InChI is InChI=1S/C13H19N5O10P2/c1-17-5-18(10-7(17)11(21)16-13(14)15-10)12-9(20)8(19)6(27-12)3-2-4-29(22,23)28-30(24,25)26/h2,4-6,8-9,12,19-20H,3H2,1H3,(H5-,14,15,16,21,22,23,24,25,26)/p+1/t6-,8?,9+,12-/m1/s1. The molecule has 3 rings (SSSR count). The Labute approximate surface area is 167 Å². The number of aromatic nitrogens is 4. The van der Waals surface area contributed by atoms with Gasteiger partial charge in [0.2, 0.25) is 11.7 Å². The van der Waals surface area contributed by atoms with Crippen LogP contribution in [-0.2, 0) is 25.2 Å². The van der Waals surface area contributed by atoms with Crippen LogP contribution in [0.2, 0.25) is 0 Å². The van der Waals surface area contributed by atoms with Gasteiger partial charge in [0.15, 0.2) is 6.33 Å². The Morgan fingerprint density at radius 3 is 2.67 bits per heavy atom. The van der Waals surface area contributed by atoms with Crippen molar-refractivity contribution in [2.45, 2.75) is 31.0 Å². The number of hydrogen-bond acceptors (Lipinski definition) is 9. The Hall–Kier alpha value is -1.93. The number of aliphatic hydroxyl groups excluding tert-OH is 2. The van der Waals surface area contributed by atoms with Gasteiger partial charge in [-0.2, -0.15) is 0 Å². The number of phosphoric acid groups is 1. The van der Waals surface area contributed by atoms with E-state index in [9.17, 15) is 29.0 Å². The first-order valence-corrected chi connectivity index (χ1v) is 11.5. The largest absolute Gasteiger partial charge is 0.477 e. The second-order valence-electron chi connectivity index (χ2n) is 6.56. The first-order chi connectivity index (χ1) is 13.8. The van der Waals surface area contributed by atoms with Gasteiger partial charge in [-0.25, -0.2) is 13.4 Å². The highest BCUT2D eigenvalue weighted by Gasteiger charge is 2.46. The number of anilines is 1. The molecule has 0 bridgehead atoms. The van der Waals surface area contributed by atoms with E-state index in [1.807, 2.05) is 0 Å². The van der Waals surface area contributed by atoms with Crippen molar-refractivity contribution in [2.75, 3.05) is 5.73 Å². The van der Waals surface area contributed by atoms with Gasteiger partial charge in [0.1, 0.15) is 12.2 Å². The molecule has 0 amide bonds. The van der Waals surface area contributed by atoms with Crippen LogP contribution in [0.25, 0.3) is 11.2 Å². The van der Waals surface area contributed by atoms with E-state index in [0.717, 1.165) is 6.08 Å². The molecule has 0 spiro atoms. The molecule has 2 unspecified atom stereocenters. The smallest absolute Gasteiger partial charge is 0.387 e. The second kappa shape index (κ2) is 7.96. The van der Waals surface area contributed by atoms with Gasteiger partial charge in [-0.05, 0) is 6.42 Å². The molecule has 2 aromatic heterocycles. The Balaban J connectivity index is 1.82. The zero-order chi connectivity index (χ0) is 22.4. The summed E-state index contributed by atoms with van der Waals surface area (Å²) in [6.07, 6.45) is -2.86. The maximum atomic E-state index is 12.1. The van der Waals surface area contributed by atoms with Crippen molar-refractivity contribution in [3.63, 3.8) is 0 Å². The van der Waals surface area contributed by atoms with Crippen LogP contribution < -0.4 is 15.9 Å². The predicted octanol–water partition coefficient (Wildman–Crippen LogP) is -2.05. The minimum absolute atomic E-state index is 0.0982. The number of nitrogens with zero attached hydrogens (tertiary/aromatic N) is 3. The lowest BCUT2D eigenvalue weighted by molar-refractivity contribution is -0.745. The summed E-state index contributed by atoms with van der Waals surface area (Å²) in [5.74, 6) is 0.373. The van der Waals surface area contributed by atoms with E-state index >= 15 is 0 Å². The lowest BCUT2D eigenvalue weighted by Crippen LogP contribution is -2.46. The number of H-pyrrole nitrogens is 1. The van der Waals surface area contributed by atoms with Gasteiger partial charge in [-0.1, -0.05) is 11.1 Å². The third-order valence-corrected chi connectivity index (χ3v) is 6.66. The quantitative estimate of drug-likeness (QED) is 0.179. The molecule has 0 saturated carbocycles. The second-order valence-corrected chi connectivity index (χ2v) is 9.62. The van der Waals surface area contributed by atoms with E-state index in [1.165, 1.54) is 15.5 Å². The van der Waals surface area contributed by atoms with E-state index in [0.29, 0.717) is 5.82 Å². The highest BCUT2D eigenvalue weighted by molar-refractivity contribution is 7.65. The number of nitrogen functional groups attached to an aromatic ring is 1. The van der Waals surface area contributed by atoms with Crippen LogP contribution in [0.5, 0.6) is 0 Å². The topological polar surface area (TPSA) is 234 Å². The minimum Gasteiger partial charge on any atom is -0.387 e. The zero-order valence-electron chi connectivity index (χ0n) is 15.3. The summed E-state index contributed by atoms with van der Waals surface area (Å²) in [5.41, 5.74) is 5.30. The Bertz CT molecular complexity index is 1140. The Kier molecular flexibility index (Phi) is 6.04. The summed E-state index contributed by atoms with van der Waals surface area (Å²) >= 11 is 0. The van der Waals surface area contributed by atoms with Gasteiger partial charge >= 0.3 is 21.1 Å². The molecular formula is C13H20N5O10P2+. The normalized spacial score (nSPS) is 27.1. The van der Waals surface area contributed by atoms with E-state index in [2.05, 4.69) is 14.3 Å². The number of nitrogens with one attached hydrogen (secondary N) is 1. The van der Waals surface area contributed by atoms with E-state index in [4.69, 9.17) is 20.3 Å². The fourth-order valence-electron chi connectivity index (χ4n) is 3.12. The minimum atomic E-state index is -5.19. The van der Waals surface area contributed by atoms with E-state index < -0.39 is 45.5 Å². The molecule has 5 atom stereocenters. The van der Waals surface area contributed by atoms with Crippen LogP contribution >= 0.6 is 15.4 Å².